The van der Waals surface area contributed by atoms with Crippen LogP contribution in [0.1, 0.15) is 13.8 Å². The van der Waals surface area contributed by atoms with Crippen LogP contribution in [0.5, 0.6) is 0 Å². The molecule has 0 aliphatic carbocycles. The Morgan fingerprint density at radius 3 is 2.29 bits per heavy atom. The first kappa shape index (κ1) is 13.4. The summed E-state index contributed by atoms with van der Waals surface area (Å²) in [7, 11) is 3.63. The SMILES string of the molecule is CN(C)c1nc(NN)nc(NC(C)(C)CO)n1. The van der Waals surface area contributed by atoms with Gasteiger partial charge < -0.3 is 15.3 Å². The molecule has 0 spiro atoms. The molecule has 1 aromatic rings. The molecule has 0 radical (unpaired) electrons. The maximum atomic E-state index is 9.18. The van der Waals surface area contributed by atoms with Crippen LogP contribution < -0.4 is 21.5 Å². The number of aromatic nitrogens is 3. The molecule has 1 heterocycles. The highest BCUT2D eigenvalue weighted by molar-refractivity contribution is 5.43. The van der Waals surface area contributed by atoms with E-state index in [0.717, 1.165) is 0 Å². The predicted molar refractivity (Wildman–Crippen MR) is 66.8 cm³/mol. The lowest BCUT2D eigenvalue weighted by atomic mass is 10.1. The summed E-state index contributed by atoms with van der Waals surface area (Å²) in [6.45, 7) is 3.63. The van der Waals surface area contributed by atoms with Crippen molar-refractivity contribution < 1.29 is 5.11 Å². The summed E-state index contributed by atoms with van der Waals surface area (Å²) in [5, 5.41) is 12.2. The van der Waals surface area contributed by atoms with E-state index in [9.17, 15) is 5.11 Å². The highest BCUT2D eigenvalue weighted by Crippen LogP contribution is 2.14. The largest absolute Gasteiger partial charge is 0.394 e. The molecule has 0 aliphatic heterocycles. The molecule has 0 saturated carbocycles. The first-order chi connectivity index (χ1) is 7.88. The summed E-state index contributed by atoms with van der Waals surface area (Å²) in [6, 6.07) is 0. The van der Waals surface area contributed by atoms with Crippen LogP contribution in [-0.2, 0) is 0 Å². The first-order valence-corrected chi connectivity index (χ1v) is 5.17. The fourth-order valence-electron chi connectivity index (χ4n) is 1.03. The number of aliphatic hydroxyl groups is 1. The van der Waals surface area contributed by atoms with Crippen molar-refractivity contribution in [3.8, 4) is 0 Å². The number of nitrogens with zero attached hydrogens (tertiary/aromatic N) is 4. The number of hydrogen-bond donors (Lipinski definition) is 4. The molecule has 0 amide bonds. The van der Waals surface area contributed by atoms with E-state index in [1.165, 1.54) is 0 Å². The average Bonchev–Trinajstić information content (AvgIpc) is 2.28. The molecular weight excluding hydrogens is 222 g/mol. The van der Waals surface area contributed by atoms with Crippen LogP contribution in [0.4, 0.5) is 17.8 Å². The number of hydrazine groups is 1. The van der Waals surface area contributed by atoms with Crippen molar-refractivity contribution in [2.24, 2.45) is 5.84 Å². The third kappa shape index (κ3) is 3.68. The van der Waals surface area contributed by atoms with E-state index in [1.54, 1.807) is 4.90 Å². The summed E-state index contributed by atoms with van der Waals surface area (Å²) in [5.41, 5.74) is 1.86. The molecule has 8 nitrogen and oxygen atoms in total. The van der Waals surface area contributed by atoms with Gasteiger partial charge in [0, 0.05) is 14.1 Å². The lowest BCUT2D eigenvalue weighted by Crippen LogP contribution is -2.36. The molecule has 0 bridgehead atoms. The van der Waals surface area contributed by atoms with Gasteiger partial charge in [-0.3, -0.25) is 5.43 Å². The third-order valence-electron chi connectivity index (χ3n) is 2.00. The van der Waals surface area contributed by atoms with E-state index in [-0.39, 0.29) is 12.6 Å². The fraction of sp³-hybridized carbons (Fsp3) is 0.667. The summed E-state index contributed by atoms with van der Waals surface area (Å²) < 4.78 is 0. The molecular formula is C9H19N7O. The highest BCUT2D eigenvalue weighted by atomic mass is 16.3. The number of hydrogen-bond acceptors (Lipinski definition) is 8. The zero-order valence-electron chi connectivity index (χ0n) is 10.5. The molecule has 1 rings (SSSR count). The minimum atomic E-state index is -0.517. The van der Waals surface area contributed by atoms with Crippen LogP contribution in [0.25, 0.3) is 0 Å². The number of nitrogens with two attached hydrogens (primary N) is 1. The van der Waals surface area contributed by atoms with Crippen molar-refractivity contribution in [3.63, 3.8) is 0 Å². The van der Waals surface area contributed by atoms with Crippen LogP contribution in [0, 0.1) is 0 Å². The number of anilines is 3. The molecule has 5 N–H and O–H groups in total. The molecule has 96 valence electrons. The van der Waals surface area contributed by atoms with E-state index >= 15 is 0 Å². The summed E-state index contributed by atoms with van der Waals surface area (Å²) >= 11 is 0. The fourth-order valence-corrected chi connectivity index (χ4v) is 1.03. The number of rotatable bonds is 5. The van der Waals surface area contributed by atoms with Gasteiger partial charge in [0.25, 0.3) is 0 Å². The van der Waals surface area contributed by atoms with Gasteiger partial charge in [-0.2, -0.15) is 15.0 Å². The lowest BCUT2D eigenvalue weighted by Gasteiger charge is -2.24. The molecule has 0 aromatic carbocycles. The Kier molecular flexibility index (Phi) is 4.02. The summed E-state index contributed by atoms with van der Waals surface area (Å²) in [5.74, 6) is 6.38. The van der Waals surface area contributed by atoms with Crippen LogP contribution in [0.3, 0.4) is 0 Å². The van der Waals surface area contributed by atoms with Crippen molar-refractivity contribution in [1.82, 2.24) is 15.0 Å². The van der Waals surface area contributed by atoms with Gasteiger partial charge in [0.05, 0.1) is 12.1 Å². The van der Waals surface area contributed by atoms with Gasteiger partial charge in [0.15, 0.2) is 0 Å². The standard InChI is InChI=1S/C9H19N7O/c1-9(2,5-17)14-6-11-7(15-10)13-8(12-6)16(3)4/h17H,5,10H2,1-4H3,(H2,11,12,13,14,15). The van der Waals surface area contributed by atoms with Crippen molar-refractivity contribution in [2.45, 2.75) is 19.4 Å². The molecule has 0 aliphatic rings. The summed E-state index contributed by atoms with van der Waals surface area (Å²) in [4.78, 5) is 14.1. The van der Waals surface area contributed by atoms with Crippen LogP contribution >= 0.6 is 0 Å². The summed E-state index contributed by atoms with van der Waals surface area (Å²) in [6.07, 6.45) is 0. The quantitative estimate of drug-likeness (QED) is 0.399. The average molecular weight is 241 g/mol. The topological polar surface area (TPSA) is 112 Å². The van der Waals surface area contributed by atoms with Crippen molar-refractivity contribution in [1.29, 1.82) is 0 Å². The van der Waals surface area contributed by atoms with Crippen LogP contribution in [0.2, 0.25) is 0 Å². The Labute approximate surface area is 100 Å². The molecule has 0 fully saturated rings. The second-order valence-electron chi connectivity index (χ2n) is 4.49. The molecule has 1 aromatic heterocycles. The van der Waals surface area contributed by atoms with Gasteiger partial charge in [0.2, 0.25) is 17.8 Å². The molecule has 17 heavy (non-hydrogen) atoms. The number of aliphatic hydroxyl groups excluding tert-OH is 1. The Hall–Kier alpha value is -1.67. The van der Waals surface area contributed by atoms with Gasteiger partial charge >= 0.3 is 0 Å². The predicted octanol–water partition coefficient (Wildman–Crippen LogP) is -0.594. The monoisotopic (exact) mass is 241 g/mol. The smallest absolute Gasteiger partial charge is 0.243 e. The van der Waals surface area contributed by atoms with E-state index in [0.29, 0.717) is 11.9 Å². The number of nitrogens with one attached hydrogen (secondary N) is 2. The first-order valence-electron chi connectivity index (χ1n) is 5.17. The minimum absolute atomic E-state index is 0.0403. The Morgan fingerprint density at radius 1 is 1.24 bits per heavy atom. The third-order valence-corrected chi connectivity index (χ3v) is 2.00. The maximum Gasteiger partial charge on any atom is 0.243 e. The van der Waals surface area contributed by atoms with E-state index in [2.05, 4.69) is 25.7 Å². The van der Waals surface area contributed by atoms with E-state index in [1.807, 2.05) is 27.9 Å². The Bertz CT molecular complexity index is 380. The van der Waals surface area contributed by atoms with Crippen molar-refractivity contribution in [2.75, 3.05) is 36.3 Å². The number of nitrogen functional groups attached to an aromatic ring is 1. The van der Waals surface area contributed by atoms with Crippen molar-refractivity contribution in [3.05, 3.63) is 0 Å². The molecule has 8 heteroatoms. The van der Waals surface area contributed by atoms with E-state index < -0.39 is 5.54 Å². The molecule has 0 unspecified atom stereocenters. The minimum Gasteiger partial charge on any atom is -0.394 e. The molecule has 0 atom stereocenters. The Morgan fingerprint density at radius 2 is 1.82 bits per heavy atom. The van der Waals surface area contributed by atoms with Gasteiger partial charge in [-0.1, -0.05) is 0 Å². The second-order valence-corrected chi connectivity index (χ2v) is 4.49. The molecule has 0 saturated heterocycles. The van der Waals surface area contributed by atoms with Crippen molar-refractivity contribution >= 4 is 17.8 Å². The Balaban J connectivity index is 3.03. The van der Waals surface area contributed by atoms with Gasteiger partial charge in [-0.15, -0.1) is 0 Å². The lowest BCUT2D eigenvalue weighted by molar-refractivity contribution is 0.233. The van der Waals surface area contributed by atoms with Crippen LogP contribution in [0.15, 0.2) is 0 Å². The zero-order valence-corrected chi connectivity index (χ0v) is 10.5. The van der Waals surface area contributed by atoms with Gasteiger partial charge in [0.1, 0.15) is 0 Å². The van der Waals surface area contributed by atoms with Gasteiger partial charge in [-0.05, 0) is 13.8 Å². The zero-order chi connectivity index (χ0) is 13.1. The highest BCUT2D eigenvalue weighted by Gasteiger charge is 2.18. The second kappa shape index (κ2) is 5.11. The van der Waals surface area contributed by atoms with Crippen LogP contribution in [-0.4, -0.2) is 46.3 Å². The normalized spacial score (nSPS) is 11.2. The maximum absolute atomic E-state index is 9.18. The van der Waals surface area contributed by atoms with Gasteiger partial charge in [-0.25, -0.2) is 5.84 Å². The van der Waals surface area contributed by atoms with E-state index in [4.69, 9.17) is 5.84 Å².